The SMILES string of the molecule is Cc1cccc(-c2cccc(C(=N)N)n2)n1. The van der Waals surface area contributed by atoms with Crippen LogP contribution < -0.4 is 5.73 Å². The van der Waals surface area contributed by atoms with Crippen molar-refractivity contribution in [2.24, 2.45) is 5.73 Å². The maximum atomic E-state index is 7.33. The number of nitrogens with one attached hydrogen (secondary N) is 1. The van der Waals surface area contributed by atoms with E-state index in [2.05, 4.69) is 9.97 Å². The average molecular weight is 212 g/mol. The lowest BCUT2D eigenvalue weighted by molar-refractivity contribution is 1.17. The van der Waals surface area contributed by atoms with Crippen LogP contribution in [0.5, 0.6) is 0 Å². The Bertz CT molecular complexity index is 534. The average Bonchev–Trinajstić information content (AvgIpc) is 2.29. The first-order valence-electron chi connectivity index (χ1n) is 4.92. The second kappa shape index (κ2) is 4.10. The summed E-state index contributed by atoms with van der Waals surface area (Å²) in [5.74, 6) is -0.0329. The molecule has 0 aliphatic heterocycles. The number of hydrogen-bond acceptors (Lipinski definition) is 3. The van der Waals surface area contributed by atoms with Crippen LogP contribution in [0.25, 0.3) is 11.4 Å². The zero-order valence-electron chi connectivity index (χ0n) is 8.94. The molecule has 2 rings (SSSR count). The highest BCUT2D eigenvalue weighted by Crippen LogP contribution is 2.14. The monoisotopic (exact) mass is 212 g/mol. The molecule has 2 aromatic heterocycles. The van der Waals surface area contributed by atoms with E-state index in [0.29, 0.717) is 5.69 Å². The van der Waals surface area contributed by atoms with Gasteiger partial charge in [-0.2, -0.15) is 0 Å². The van der Waals surface area contributed by atoms with Crippen molar-refractivity contribution in [3.05, 3.63) is 47.8 Å². The molecule has 0 aliphatic carbocycles. The minimum Gasteiger partial charge on any atom is -0.382 e. The van der Waals surface area contributed by atoms with Crippen LogP contribution in [0.15, 0.2) is 36.4 Å². The quantitative estimate of drug-likeness (QED) is 0.588. The number of rotatable bonds is 2. The molecular formula is C12H12N4. The second-order valence-electron chi connectivity index (χ2n) is 3.49. The molecule has 3 N–H and O–H groups in total. The van der Waals surface area contributed by atoms with Crippen LogP contribution in [0.3, 0.4) is 0 Å². The van der Waals surface area contributed by atoms with E-state index in [1.165, 1.54) is 0 Å². The summed E-state index contributed by atoms with van der Waals surface area (Å²) in [4.78, 5) is 8.64. The van der Waals surface area contributed by atoms with Crippen LogP contribution in [0.4, 0.5) is 0 Å². The van der Waals surface area contributed by atoms with Gasteiger partial charge in [-0.3, -0.25) is 10.4 Å². The third kappa shape index (κ3) is 2.06. The first kappa shape index (κ1) is 10.3. The Morgan fingerprint density at radius 1 is 1.06 bits per heavy atom. The van der Waals surface area contributed by atoms with Gasteiger partial charge in [0.2, 0.25) is 0 Å². The Morgan fingerprint density at radius 3 is 2.31 bits per heavy atom. The molecule has 0 radical (unpaired) electrons. The van der Waals surface area contributed by atoms with Crippen LogP contribution in [0.2, 0.25) is 0 Å². The summed E-state index contributed by atoms with van der Waals surface area (Å²) in [5, 5.41) is 7.33. The fourth-order valence-corrected chi connectivity index (χ4v) is 1.41. The summed E-state index contributed by atoms with van der Waals surface area (Å²) >= 11 is 0. The van der Waals surface area contributed by atoms with Gasteiger partial charge >= 0.3 is 0 Å². The lowest BCUT2D eigenvalue weighted by atomic mass is 10.2. The van der Waals surface area contributed by atoms with E-state index in [9.17, 15) is 0 Å². The van der Waals surface area contributed by atoms with Crippen molar-refractivity contribution in [3.8, 4) is 11.4 Å². The third-order valence-electron chi connectivity index (χ3n) is 2.18. The highest BCUT2D eigenvalue weighted by molar-refractivity contribution is 5.93. The molecule has 0 saturated heterocycles. The van der Waals surface area contributed by atoms with Crippen LogP contribution >= 0.6 is 0 Å². The van der Waals surface area contributed by atoms with Gasteiger partial charge in [0, 0.05) is 5.69 Å². The molecule has 2 aromatic rings. The van der Waals surface area contributed by atoms with Crippen molar-refractivity contribution in [3.63, 3.8) is 0 Å². The number of nitrogens with zero attached hydrogens (tertiary/aromatic N) is 2. The molecule has 0 aliphatic rings. The summed E-state index contributed by atoms with van der Waals surface area (Å²) in [6.07, 6.45) is 0. The molecule has 0 spiro atoms. The lowest BCUT2D eigenvalue weighted by Gasteiger charge is -2.03. The Hall–Kier alpha value is -2.23. The van der Waals surface area contributed by atoms with Gasteiger partial charge in [0.25, 0.3) is 0 Å². The maximum absolute atomic E-state index is 7.33. The number of amidine groups is 1. The van der Waals surface area contributed by atoms with Crippen LogP contribution in [-0.4, -0.2) is 15.8 Å². The van der Waals surface area contributed by atoms with Gasteiger partial charge in [-0.1, -0.05) is 12.1 Å². The number of nitrogen functional groups attached to an aromatic ring is 1. The van der Waals surface area contributed by atoms with Crippen molar-refractivity contribution in [1.29, 1.82) is 5.41 Å². The lowest BCUT2D eigenvalue weighted by Crippen LogP contribution is -2.13. The summed E-state index contributed by atoms with van der Waals surface area (Å²) in [6.45, 7) is 1.93. The molecule has 2 heterocycles. The first-order valence-corrected chi connectivity index (χ1v) is 4.92. The minimum atomic E-state index is -0.0329. The van der Waals surface area contributed by atoms with Crippen molar-refractivity contribution < 1.29 is 0 Å². The van der Waals surface area contributed by atoms with Crippen LogP contribution in [0.1, 0.15) is 11.4 Å². The number of nitrogens with two attached hydrogens (primary N) is 1. The van der Waals surface area contributed by atoms with Crippen LogP contribution in [-0.2, 0) is 0 Å². The van der Waals surface area contributed by atoms with Gasteiger partial charge in [-0.05, 0) is 31.2 Å². The molecule has 0 unspecified atom stereocenters. The molecule has 4 heteroatoms. The predicted octanol–water partition coefficient (Wildman–Crippen LogP) is 1.74. The number of pyridine rings is 2. The Labute approximate surface area is 93.7 Å². The smallest absolute Gasteiger partial charge is 0.141 e. The van der Waals surface area contributed by atoms with E-state index >= 15 is 0 Å². The van der Waals surface area contributed by atoms with E-state index in [1.807, 2.05) is 37.3 Å². The number of aromatic nitrogens is 2. The van der Waals surface area contributed by atoms with Crippen LogP contribution in [0, 0.1) is 12.3 Å². The molecule has 16 heavy (non-hydrogen) atoms. The van der Waals surface area contributed by atoms with E-state index < -0.39 is 0 Å². The standard InChI is InChI=1S/C12H12N4/c1-8-4-2-5-9(15-8)10-6-3-7-11(16-10)12(13)14/h2-7H,1H3,(H3,13,14). The summed E-state index contributed by atoms with van der Waals surface area (Å²) in [5.41, 5.74) is 8.33. The van der Waals surface area contributed by atoms with Crippen molar-refractivity contribution >= 4 is 5.84 Å². The highest BCUT2D eigenvalue weighted by Gasteiger charge is 2.03. The first-order chi connectivity index (χ1) is 7.66. The van der Waals surface area contributed by atoms with Gasteiger partial charge in [0.05, 0.1) is 11.4 Å². The number of hydrogen-bond donors (Lipinski definition) is 2. The molecule has 80 valence electrons. The fourth-order valence-electron chi connectivity index (χ4n) is 1.41. The van der Waals surface area contributed by atoms with E-state index in [4.69, 9.17) is 11.1 Å². The third-order valence-corrected chi connectivity index (χ3v) is 2.18. The second-order valence-corrected chi connectivity index (χ2v) is 3.49. The fraction of sp³-hybridized carbons (Fsp3) is 0.0833. The predicted molar refractivity (Wildman–Crippen MR) is 63.2 cm³/mol. The molecule has 0 aromatic carbocycles. The van der Waals surface area contributed by atoms with Gasteiger partial charge in [-0.25, -0.2) is 4.98 Å². The normalized spacial score (nSPS) is 10.1. The zero-order valence-corrected chi connectivity index (χ0v) is 8.94. The largest absolute Gasteiger partial charge is 0.382 e. The molecule has 0 fully saturated rings. The highest BCUT2D eigenvalue weighted by atomic mass is 14.8. The van der Waals surface area contributed by atoms with Gasteiger partial charge in [-0.15, -0.1) is 0 Å². The summed E-state index contributed by atoms with van der Waals surface area (Å²) in [7, 11) is 0. The molecule has 0 bridgehead atoms. The molecular weight excluding hydrogens is 200 g/mol. The minimum absolute atomic E-state index is 0.0329. The van der Waals surface area contributed by atoms with Crippen molar-refractivity contribution in [2.45, 2.75) is 6.92 Å². The van der Waals surface area contributed by atoms with Crippen molar-refractivity contribution in [2.75, 3.05) is 0 Å². The molecule has 0 atom stereocenters. The van der Waals surface area contributed by atoms with Gasteiger partial charge in [0.1, 0.15) is 11.5 Å². The zero-order chi connectivity index (χ0) is 11.5. The summed E-state index contributed by atoms with van der Waals surface area (Å²) in [6, 6.07) is 11.1. The summed E-state index contributed by atoms with van der Waals surface area (Å²) < 4.78 is 0. The molecule has 0 amide bonds. The number of aryl methyl sites for hydroxylation is 1. The van der Waals surface area contributed by atoms with Gasteiger partial charge < -0.3 is 5.73 Å². The van der Waals surface area contributed by atoms with E-state index in [1.54, 1.807) is 6.07 Å². The maximum Gasteiger partial charge on any atom is 0.141 e. The Kier molecular flexibility index (Phi) is 2.64. The Balaban J connectivity index is 2.48. The Morgan fingerprint density at radius 2 is 1.69 bits per heavy atom. The van der Waals surface area contributed by atoms with Crippen molar-refractivity contribution in [1.82, 2.24) is 9.97 Å². The molecule has 4 nitrogen and oxygen atoms in total. The van der Waals surface area contributed by atoms with E-state index in [0.717, 1.165) is 17.1 Å². The van der Waals surface area contributed by atoms with Gasteiger partial charge in [0.15, 0.2) is 0 Å². The topological polar surface area (TPSA) is 75.7 Å². The molecule has 0 saturated carbocycles. The van der Waals surface area contributed by atoms with E-state index in [-0.39, 0.29) is 5.84 Å².